The zero-order chi connectivity index (χ0) is 7.56. The molecule has 0 spiro atoms. The van der Waals surface area contributed by atoms with Crippen molar-refractivity contribution in [1.82, 2.24) is 0 Å². The van der Waals surface area contributed by atoms with Crippen LogP contribution < -0.4 is 5.82 Å². The second kappa shape index (κ2) is 2.73. The second-order valence-corrected chi connectivity index (χ2v) is 2.65. The Labute approximate surface area is 58.7 Å². The van der Waals surface area contributed by atoms with Gasteiger partial charge in [0.1, 0.15) is 12.0 Å². The first-order valence-electron chi connectivity index (χ1n) is 3.26. The molecule has 1 heterocycles. The quantitative estimate of drug-likeness (QED) is 0.627. The lowest BCUT2D eigenvalue weighted by Crippen LogP contribution is -1.93. The largest absolute Gasteiger partial charge is 0.518 e. The Morgan fingerprint density at radius 1 is 1.60 bits per heavy atom. The third-order valence-electron chi connectivity index (χ3n) is 1.11. The van der Waals surface area contributed by atoms with Crippen molar-refractivity contribution < 1.29 is 8.83 Å². The highest BCUT2D eigenvalue weighted by Crippen LogP contribution is 2.04. The van der Waals surface area contributed by atoms with Crippen LogP contribution in [0.4, 0.5) is 0 Å². The Kier molecular flexibility index (Phi) is 1.94. The average Bonchev–Trinajstić information content (AvgIpc) is 2.13. The van der Waals surface area contributed by atoms with Gasteiger partial charge in [-0.2, -0.15) is 0 Å². The summed E-state index contributed by atoms with van der Waals surface area (Å²) >= 11 is 0. The number of hydrogen-bond acceptors (Lipinski definition) is 3. The summed E-state index contributed by atoms with van der Waals surface area (Å²) in [5, 5.41) is 0. The van der Waals surface area contributed by atoms with Gasteiger partial charge in [-0.05, 0) is 5.92 Å². The van der Waals surface area contributed by atoms with Crippen molar-refractivity contribution in [2.75, 3.05) is 0 Å². The molecule has 0 aliphatic rings. The van der Waals surface area contributed by atoms with E-state index in [0.717, 1.165) is 6.42 Å². The molecule has 56 valence electrons. The molecule has 1 rings (SSSR count). The molecule has 0 fully saturated rings. The van der Waals surface area contributed by atoms with E-state index in [0.29, 0.717) is 11.7 Å². The van der Waals surface area contributed by atoms with Gasteiger partial charge in [0, 0.05) is 6.42 Å². The van der Waals surface area contributed by atoms with Crippen molar-refractivity contribution in [2.45, 2.75) is 20.3 Å². The van der Waals surface area contributed by atoms with Crippen LogP contribution in [0.2, 0.25) is 0 Å². The first-order valence-corrected chi connectivity index (χ1v) is 3.26. The standard InChI is InChI=1S/C7H10O3/c1-5(2)3-6-4-9-7(8)10-6/h4-5H,3H2,1-2H3. The normalized spacial score (nSPS) is 10.7. The highest BCUT2D eigenvalue weighted by atomic mass is 16.6. The van der Waals surface area contributed by atoms with Crippen molar-refractivity contribution >= 4 is 0 Å². The number of rotatable bonds is 2. The van der Waals surface area contributed by atoms with Gasteiger partial charge in [0.05, 0.1) is 0 Å². The minimum absolute atomic E-state index is 0.487. The van der Waals surface area contributed by atoms with Crippen LogP contribution in [0.15, 0.2) is 19.9 Å². The summed E-state index contributed by atoms with van der Waals surface area (Å²) in [5.41, 5.74) is 0. The second-order valence-electron chi connectivity index (χ2n) is 2.65. The van der Waals surface area contributed by atoms with Crippen LogP contribution in [0.25, 0.3) is 0 Å². The van der Waals surface area contributed by atoms with Crippen LogP contribution in [0.3, 0.4) is 0 Å². The van der Waals surface area contributed by atoms with Gasteiger partial charge in [0.2, 0.25) is 0 Å². The zero-order valence-electron chi connectivity index (χ0n) is 6.09. The highest BCUT2D eigenvalue weighted by molar-refractivity contribution is 4.85. The fourth-order valence-corrected chi connectivity index (χ4v) is 0.761. The van der Waals surface area contributed by atoms with Crippen molar-refractivity contribution in [2.24, 2.45) is 5.92 Å². The predicted molar refractivity (Wildman–Crippen MR) is 35.8 cm³/mol. The Morgan fingerprint density at radius 2 is 2.30 bits per heavy atom. The first kappa shape index (κ1) is 7.12. The summed E-state index contributed by atoms with van der Waals surface area (Å²) in [4.78, 5) is 10.3. The summed E-state index contributed by atoms with van der Waals surface area (Å²) in [6, 6.07) is 0. The van der Waals surface area contributed by atoms with Gasteiger partial charge < -0.3 is 8.83 Å². The Balaban J connectivity index is 2.67. The van der Waals surface area contributed by atoms with Crippen molar-refractivity contribution in [3.63, 3.8) is 0 Å². The molecule has 0 atom stereocenters. The lowest BCUT2D eigenvalue weighted by Gasteiger charge is -1.96. The van der Waals surface area contributed by atoms with E-state index in [2.05, 4.69) is 8.83 Å². The maximum absolute atomic E-state index is 10.3. The predicted octanol–water partition coefficient (Wildman–Crippen LogP) is 1.43. The van der Waals surface area contributed by atoms with E-state index < -0.39 is 5.82 Å². The van der Waals surface area contributed by atoms with Gasteiger partial charge >= 0.3 is 5.82 Å². The van der Waals surface area contributed by atoms with Crippen LogP contribution in [-0.2, 0) is 6.42 Å². The summed E-state index contributed by atoms with van der Waals surface area (Å²) in [6.45, 7) is 4.10. The van der Waals surface area contributed by atoms with E-state index in [1.54, 1.807) is 0 Å². The molecule has 0 aliphatic carbocycles. The Morgan fingerprint density at radius 3 is 2.70 bits per heavy atom. The van der Waals surface area contributed by atoms with E-state index >= 15 is 0 Å². The first-order chi connectivity index (χ1) is 4.68. The SMILES string of the molecule is CC(C)Cc1coc(=O)o1. The molecule has 0 saturated heterocycles. The molecule has 10 heavy (non-hydrogen) atoms. The summed E-state index contributed by atoms with van der Waals surface area (Å²) in [6.07, 6.45) is 2.12. The zero-order valence-corrected chi connectivity index (χ0v) is 6.09. The molecule has 0 N–H and O–H groups in total. The molecule has 0 aromatic carbocycles. The van der Waals surface area contributed by atoms with Crippen LogP contribution in [-0.4, -0.2) is 0 Å². The van der Waals surface area contributed by atoms with Crippen LogP contribution in [0, 0.1) is 5.92 Å². The van der Waals surface area contributed by atoms with Crippen LogP contribution >= 0.6 is 0 Å². The monoisotopic (exact) mass is 142 g/mol. The molecule has 3 nitrogen and oxygen atoms in total. The molecule has 1 aromatic rings. The number of hydrogen-bond donors (Lipinski definition) is 0. The molecular formula is C7H10O3. The molecule has 0 radical (unpaired) electrons. The van der Waals surface area contributed by atoms with E-state index in [1.807, 2.05) is 13.8 Å². The topological polar surface area (TPSA) is 43.4 Å². The molecule has 0 amide bonds. The average molecular weight is 142 g/mol. The molecular weight excluding hydrogens is 132 g/mol. The maximum atomic E-state index is 10.3. The van der Waals surface area contributed by atoms with Gasteiger partial charge in [-0.1, -0.05) is 13.8 Å². The van der Waals surface area contributed by atoms with Crippen molar-refractivity contribution in [3.8, 4) is 0 Å². The van der Waals surface area contributed by atoms with E-state index in [-0.39, 0.29) is 0 Å². The van der Waals surface area contributed by atoms with Gasteiger partial charge in [-0.15, -0.1) is 0 Å². The highest BCUT2D eigenvalue weighted by Gasteiger charge is 2.02. The smallest absolute Gasteiger partial charge is 0.399 e. The van der Waals surface area contributed by atoms with Gasteiger partial charge in [-0.25, -0.2) is 4.79 Å². The van der Waals surface area contributed by atoms with Gasteiger partial charge in [0.25, 0.3) is 0 Å². The summed E-state index contributed by atoms with van der Waals surface area (Å²) in [5.74, 6) is 0.497. The Hall–Kier alpha value is -0.990. The van der Waals surface area contributed by atoms with Crippen molar-refractivity contribution in [3.05, 3.63) is 22.6 Å². The minimum atomic E-state index is -0.615. The van der Waals surface area contributed by atoms with E-state index in [1.165, 1.54) is 6.26 Å². The van der Waals surface area contributed by atoms with E-state index in [9.17, 15) is 4.79 Å². The van der Waals surface area contributed by atoms with Crippen LogP contribution in [0.1, 0.15) is 19.6 Å². The molecule has 1 aromatic heterocycles. The molecule has 0 aliphatic heterocycles. The third kappa shape index (κ3) is 1.76. The van der Waals surface area contributed by atoms with Crippen molar-refractivity contribution in [1.29, 1.82) is 0 Å². The van der Waals surface area contributed by atoms with E-state index in [4.69, 9.17) is 0 Å². The Bertz CT molecular complexity index is 243. The fourth-order valence-electron chi connectivity index (χ4n) is 0.761. The lowest BCUT2D eigenvalue weighted by atomic mass is 10.1. The third-order valence-corrected chi connectivity index (χ3v) is 1.11. The maximum Gasteiger partial charge on any atom is 0.518 e. The molecule has 0 bridgehead atoms. The minimum Gasteiger partial charge on any atom is -0.399 e. The molecule has 0 saturated carbocycles. The molecule has 0 unspecified atom stereocenters. The summed E-state index contributed by atoms with van der Waals surface area (Å²) < 4.78 is 9.12. The fraction of sp³-hybridized carbons (Fsp3) is 0.571. The lowest BCUT2D eigenvalue weighted by molar-refractivity contribution is 0.367. The summed E-state index contributed by atoms with van der Waals surface area (Å²) in [7, 11) is 0. The van der Waals surface area contributed by atoms with Gasteiger partial charge in [0.15, 0.2) is 0 Å². The van der Waals surface area contributed by atoms with Gasteiger partial charge in [-0.3, -0.25) is 0 Å². The van der Waals surface area contributed by atoms with Crippen LogP contribution in [0.5, 0.6) is 0 Å². The molecule has 3 heteroatoms.